The minimum Gasteiger partial charge on any atom is -0.409 e. The third-order valence-corrected chi connectivity index (χ3v) is 3.07. The fourth-order valence-corrected chi connectivity index (χ4v) is 2.01. The van der Waals surface area contributed by atoms with Crippen LogP contribution in [0.15, 0.2) is 5.16 Å². The number of rotatable bonds is 6. The first-order chi connectivity index (χ1) is 8.19. The number of amides is 1. The molecular formula is C11H22N4O2. The largest absolute Gasteiger partial charge is 0.409 e. The highest BCUT2D eigenvalue weighted by Crippen LogP contribution is 2.08. The molecule has 98 valence electrons. The number of nitrogens with two attached hydrogens (primary N) is 1. The molecule has 1 saturated heterocycles. The van der Waals surface area contributed by atoms with Crippen LogP contribution in [0.2, 0.25) is 0 Å². The predicted molar refractivity (Wildman–Crippen MR) is 65.9 cm³/mol. The fraction of sp³-hybridized carbons (Fsp3) is 0.818. The van der Waals surface area contributed by atoms with Crippen molar-refractivity contribution in [1.82, 2.24) is 10.2 Å². The maximum atomic E-state index is 11.7. The zero-order valence-corrected chi connectivity index (χ0v) is 10.4. The number of oxime groups is 1. The van der Waals surface area contributed by atoms with Crippen LogP contribution < -0.4 is 11.1 Å². The van der Waals surface area contributed by atoms with Crippen molar-refractivity contribution in [1.29, 1.82) is 0 Å². The van der Waals surface area contributed by atoms with Crippen molar-refractivity contribution in [3.05, 3.63) is 0 Å². The molecular weight excluding hydrogens is 220 g/mol. The van der Waals surface area contributed by atoms with Crippen LogP contribution in [0.5, 0.6) is 0 Å². The quantitative estimate of drug-likeness (QED) is 0.267. The molecule has 1 rings (SSSR count). The zero-order valence-electron chi connectivity index (χ0n) is 10.4. The molecule has 0 aliphatic carbocycles. The highest BCUT2D eigenvalue weighted by molar-refractivity contribution is 5.85. The van der Waals surface area contributed by atoms with E-state index >= 15 is 0 Å². The smallest absolute Gasteiger partial charge is 0.223 e. The summed E-state index contributed by atoms with van der Waals surface area (Å²) in [5.41, 5.74) is 5.51. The summed E-state index contributed by atoms with van der Waals surface area (Å²) in [5, 5.41) is 14.6. The molecule has 0 aromatic heterocycles. The highest BCUT2D eigenvalue weighted by atomic mass is 16.4. The Balaban J connectivity index is 2.23. The van der Waals surface area contributed by atoms with Gasteiger partial charge in [0.05, 0.1) is 6.04 Å². The van der Waals surface area contributed by atoms with Crippen molar-refractivity contribution < 1.29 is 10.0 Å². The Morgan fingerprint density at radius 2 is 2.18 bits per heavy atom. The van der Waals surface area contributed by atoms with E-state index in [0.29, 0.717) is 13.0 Å². The number of hydrogen-bond donors (Lipinski definition) is 3. The molecule has 1 unspecified atom stereocenters. The summed E-state index contributed by atoms with van der Waals surface area (Å²) >= 11 is 0. The number of hydrogen-bond acceptors (Lipinski definition) is 4. The summed E-state index contributed by atoms with van der Waals surface area (Å²) in [5.74, 6) is 0.352. The monoisotopic (exact) mass is 242 g/mol. The Bertz CT molecular complexity index is 275. The lowest BCUT2D eigenvalue weighted by molar-refractivity contribution is -0.130. The SMILES string of the molecule is CCC(NCCC(=O)N1CCCC1)C(N)=NO. The summed E-state index contributed by atoms with van der Waals surface area (Å²) < 4.78 is 0. The molecule has 0 saturated carbocycles. The predicted octanol–water partition coefficient (Wildman–Crippen LogP) is 0.114. The molecule has 1 atom stereocenters. The van der Waals surface area contributed by atoms with Crippen LogP contribution in [0.25, 0.3) is 0 Å². The van der Waals surface area contributed by atoms with Crippen molar-refractivity contribution in [3.63, 3.8) is 0 Å². The van der Waals surface area contributed by atoms with Gasteiger partial charge >= 0.3 is 0 Å². The number of amidine groups is 1. The van der Waals surface area contributed by atoms with Gasteiger partial charge < -0.3 is 21.2 Å². The van der Waals surface area contributed by atoms with E-state index in [1.165, 1.54) is 0 Å². The van der Waals surface area contributed by atoms with E-state index in [0.717, 1.165) is 32.4 Å². The second-order valence-corrected chi connectivity index (χ2v) is 4.28. The first kappa shape index (κ1) is 13.8. The van der Waals surface area contributed by atoms with E-state index in [2.05, 4.69) is 10.5 Å². The van der Waals surface area contributed by atoms with Crippen molar-refractivity contribution in [2.45, 2.75) is 38.6 Å². The third-order valence-electron chi connectivity index (χ3n) is 3.07. The van der Waals surface area contributed by atoms with Gasteiger partial charge in [-0.2, -0.15) is 0 Å². The molecule has 1 aliphatic rings. The Hall–Kier alpha value is -1.30. The molecule has 0 radical (unpaired) electrons. The standard InChI is InChI=1S/C11H22N4O2/c1-2-9(11(12)14-17)13-6-5-10(16)15-7-3-4-8-15/h9,13,17H,2-8H2,1H3,(H2,12,14). The minimum atomic E-state index is -0.161. The number of nitrogens with one attached hydrogen (secondary N) is 1. The van der Waals surface area contributed by atoms with Gasteiger partial charge in [-0.05, 0) is 19.3 Å². The molecule has 0 aromatic carbocycles. The van der Waals surface area contributed by atoms with Crippen LogP contribution in [-0.4, -0.2) is 47.5 Å². The first-order valence-corrected chi connectivity index (χ1v) is 6.17. The van der Waals surface area contributed by atoms with Gasteiger partial charge in [-0.25, -0.2) is 0 Å². The molecule has 17 heavy (non-hydrogen) atoms. The van der Waals surface area contributed by atoms with Crippen LogP contribution in [0, 0.1) is 0 Å². The summed E-state index contributed by atoms with van der Waals surface area (Å²) in [7, 11) is 0. The second kappa shape index (κ2) is 7.11. The number of nitrogens with zero attached hydrogens (tertiary/aromatic N) is 2. The van der Waals surface area contributed by atoms with E-state index in [1.807, 2.05) is 11.8 Å². The third kappa shape index (κ3) is 4.22. The summed E-state index contributed by atoms with van der Waals surface area (Å²) in [4.78, 5) is 13.6. The lowest BCUT2D eigenvalue weighted by Crippen LogP contribution is -2.42. The van der Waals surface area contributed by atoms with Gasteiger partial charge in [0.25, 0.3) is 0 Å². The van der Waals surface area contributed by atoms with Gasteiger partial charge in [0.2, 0.25) is 5.91 Å². The van der Waals surface area contributed by atoms with Crippen molar-refractivity contribution in [2.24, 2.45) is 10.9 Å². The molecule has 6 heteroatoms. The molecule has 0 spiro atoms. The molecule has 4 N–H and O–H groups in total. The topological polar surface area (TPSA) is 91.0 Å². The van der Waals surface area contributed by atoms with Gasteiger partial charge in [0, 0.05) is 26.1 Å². The van der Waals surface area contributed by atoms with Crippen molar-refractivity contribution in [3.8, 4) is 0 Å². The minimum absolute atomic E-state index is 0.161. The van der Waals surface area contributed by atoms with E-state index in [4.69, 9.17) is 10.9 Å². The summed E-state index contributed by atoms with van der Waals surface area (Å²) in [6.45, 7) is 4.27. The molecule has 0 aromatic rings. The van der Waals surface area contributed by atoms with Crippen LogP contribution in [-0.2, 0) is 4.79 Å². The molecule has 1 fully saturated rings. The van der Waals surface area contributed by atoms with Crippen LogP contribution in [0.4, 0.5) is 0 Å². The fourth-order valence-electron chi connectivity index (χ4n) is 2.01. The summed E-state index contributed by atoms with van der Waals surface area (Å²) in [6.07, 6.45) is 3.42. The van der Waals surface area contributed by atoms with Gasteiger partial charge in [0.1, 0.15) is 0 Å². The number of carbonyl (C=O) groups is 1. The normalized spacial score (nSPS) is 18.4. The Kier molecular flexibility index (Phi) is 5.76. The number of likely N-dealkylation sites (tertiary alicyclic amines) is 1. The molecule has 1 heterocycles. The van der Waals surface area contributed by atoms with Crippen LogP contribution in [0.3, 0.4) is 0 Å². The van der Waals surface area contributed by atoms with E-state index in [1.54, 1.807) is 0 Å². The number of carbonyl (C=O) groups excluding carboxylic acids is 1. The van der Waals surface area contributed by atoms with Gasteiger partial charge in [-0.3, -0.25) is 4.79 Å². The van der Waals surface area contributed by atoms with Crippen LogP contribution >= 0.6 is 0 Å². The first-order valence-electron chi connectivity index (χ1n) is 6.17. The lowest BCUT2D eigenvalue weighted by Gasteiger charge is -2.18. The highest BCUT2D eigenvalue weighted by Gasteiger charge is 2.18. The van der Waals surface area contributed by atoms with Crippen molar-refractivity contribution in [2.75, 3.05) is 19.6 Å². The van der Waals surface area contributed by atoms with Crippen molar-refractivity contribution >= 4 is 11.7 Å². The summed E-state index contributed by atoms with van der Waals surface area (Å²) in [6, 6.07) is -0.161. The van der Waals surface area contributed by atoms with E-state index in [-0.39, 0.29) is 17.8 Å². The van der Waals surface area contributed by atoms with E-state index in [9.17, 15) is 4.79 Å². The maximum Gasteiger partial charge on any atom is 0.223 e. The van der Waals surface area contributed by atoms with Gasteiger partial charge in [-0.1, -0.05) is 12.1 Å². The van der Waals surface area contributed by atoms with Gasteiger partial charge in [0.15, 0.2) is 5.84 Å². The molecule has 6 nitrogen and oxygen atoms in total. The Morgan fingerprint density at radius 1 is 1.53 bits per heavy atom. The van der Waals surface area contributed by atoms with Gasteiger partial charge in [-0.15, -0.1) is 0 Å². The Labute approximate surface area is 102 Å². The average molecular weight is 242 g/mol. The van der Waals surface area contributed by atoms with E-state index < -0.39 is 0 Å². The lowest BCUT2D eigenvalue weighted by atomic mass is 10.2. The maximum absolute atomic E-state index is 11.7. The second-order valence-electron chi connectivity index (χ2n) is 4.28. The Morgan fingerprint density at radius 3 is 2.71 bits per heavy atom. The average Bonchev–Trinajstić information content (AvgIpc) is 2.87. The zero-order chi connectivity index (χ0) is 12.7. The molecule has 0 bridgehead atoms. The van der Waals surface area contributed by atoms with Crippen LogP contribution in [0.1, 0.15) is 32.6 Å². The molecule has 1 amide bonds. The molecule has 1 aliphatic heterocycles.